The highest BCUT2D eigenvalue weighted by atomic mass is 16.5. The van der Waals surface area contributed by atoms with Gasteiger partial charge in [0.1, 0.15) is 11.5 Å². The van der Waals surface area contributed by atoms with Gasteiger partial charge in [-0.3, -0.25) is 4.79 Å². The first-order valence-corrected chi connectivity index (χ1v) is 6.46. The van der Waals surface area contributed by atoms with E-state index in [-0.39, 0.29) is 11.7 Å². The van der Waals surface area contributed by atoms with Gasteiger partial charge in [0, 0.05) is 19.6 Å². The number of amides is 1. The molecule has 5 nitrogen and oxygen atoms in total. The summed E-state index contributed by atoms with van der Waals surface area (Å²) in [6.07, 6.45) is 0.951. The molecule has 2 rings (SSSR count). The number of carbonyl (C=O) groups is 1. The number of likely N-dealkylation sites (N-methyl/N-ethyl adjacent to an activating group) is 1. The van der Waals surface area contributed by atoms with Gasteiger partial charge in [-0.1, -0.05) is 0 Å². The molecule has 0 radical (unpaired) electrons. The fourth-order valence-corrected chi connectivity index (χ4v) is 2.23. The van der Waals surface area contributed by atoms with E-state index >= 15 is 0 Å². The van der Waals surface area contributed by atoms with Crippen molar-refractivity contribution in [2.24, 2.45) is 0 Å². The first kappa shape index (κ1) is 13.7. The van der Waals surface area contributed by atoms with Crippen molar-refractivity contribution in [3.05, 3.63) is 23.8 Å². The zero-order valence-corrected chi connectivity index (χ0v) is 11.4. The summed E-state index contributed by atoms with van der Waals surface area (Å²) in [5, 5.41) is 9.84. The maximum Gasteiger partial charge on any atom is 0.257 e. The van der Waals surface area contributed by atoms with E-state index in [1.807, 2.05) is 0 Å². The first-order valence-electron chi connectivity index (χ1n) is 6.46. The molecule has 1 aliphatic heterocycles. The van der Waals surface area contributed by atoms with E-state index in [4.69, 9.17) is 4.74 Å². The van der Waals surface area contributed by atoms with Crippen LogP contribution in [0.2, 0.25) is 0 Å². The topological polar surface area (TPSA) is 53.0 Å². The number of ether oxygens (including phenoxy) is 1. The Labute approximate surface area is 113 Å². The zero-order chi connectivity index (χ0) is 13.8. The number of phenolic OH excluding ortho intramolecular Hbond substituents is 1. The molecule has 0 bridgehead atoms. The summed E-state index contributed by atoms with van der Waals surface area (Å²) in [6, 6.07) is 4.73. The van der Waals surface area contributed by atoms with Crippen molar-refractivity contribution in [3.63, 3.8) is 0 Å². The van der Waals surface area contributed by atoms with Crippen LogP contribution in [0.15, 0.2) is 18.2 Å². The molecular formula is C14H20N2O3. The Morgan fingerprint density at radius 3 is 2.79 bits per heavy atom. The highest BCUT2D eigenvalue weighted by molar-refractivity contribution is 5.97. The van der Waals surface area contributed by atoms with Gasteiger partial charge in [0.05, 0.1) is 12.7 Å². The Hall–Kier alpha value is -1.75. The average molecular weight is 264 g/mol. The van der Waals surface area contributed by atoms with Gasteiger partial charge in [0.15, 0.2) is 0 Å². The highest BCUT2D eigenvalue weighted by Crippen LogP contribution is 2.24. The molecule has 1 saturated heterocycles. The summed E-state index contributed by atoms with van der Waals surface area (Å²) in [5.74, 6) is 0.447. The molecule has 104 valence electrons. The van der Waals surface area contributed by atoms with Crippen LogP contribution >= 0.6 is 0 Å². The van der Waals surface area contributed by atoms with Crippen LogP contribution < -0.4 is 4.74 Å². The maximum atomic E-state index is 12.4. The number of rotatable bonds is 2. The van der Waals surface area contributed by atoms with Crippen LogP contribution in [0.1, 0.15) is 16.8 Å². The zero-order valence-electron chi connectivity index (χ0n) is 11.4. The van der Waals surface area contributed by atoms with E-state index in [0.717, 1.165) is 26.1 Å². The largest absolute Gasteiger partial charge is 0.507 e. The Morgan fingerprint density at radius 2 is 2.05 bits per heavy atom. The summed E-state index contributed by atoms with van der Waals surface area (Å²) in [6.45, 7) is 3.26. The summed E-state index contributed by atoms with van der Waals surface area (Å²) in [4.78, 5) is 16.4. The van der Waals surface area contributed by atoms with Gasteiger partial charge in [-0.25, -0.2) is 0 Å². The van der Waals surface area contributed by atoms with E-state index in [1.165, 1.54) is 6.07 Å². The quantitative estimate of drug-likeness (QED) is 0.871. The van der Waals surface area contributed by atoms with Crippen LogP contribution in [0.5, 0.6) is 11.5 Å². The molecule has 0 saturated carbocycles. The van der Waals surface area contributed by atoms with Crippen LogP contribution in [0.4, 0.5) is 0 Å². The lowest BCUT2D eigenvalue weighted by Gasteiger charge is -2.21. The molecule has 0 spiro atoms. The molecule has 5 heteroatoms. The lowest BCUT2D eigenvalue weighted by Crippen LogP contribution is -2.34. The molecule has 0 atom stereocenters. The molecule has 1 amide bonds. The lowest BCUT2D eigenvalue weighted by atomic mass is 10.1. The van der Waals surface area contributed by atoms with Gasteiger partial charge >= 0.3 is 0 Å². The molecule has 1 heterocycles. The molecule has 1 aromatic carbocycles. The molecule has 1 N–H and O–H groups in total. The van der Waals surface area contributed by atoms with Gasteiger partial charge < -0.3 is 19.6 Å². The van der Waals surface area contributed by atoms with Crippen LogP contribution in [0.25, 0.3) is 0 Å². The second-order valence-electron chi connectivity index (χ2n) is 4.83. The molecule has 1 fully saturated rings. The second kappa shape index (κ2) is 5.93. The molecule has 0 aromatic heterocycles. The summed E-state index contributed by atoms with van der Waals surface area (Å²) in [7, 11) is 3.60. The fourth-order valence-electron chi connectivity index (χ4n) is 2.23. The number of hydrogen-bond acceptors (Lipinski definition) is 4. The predicted octanol–water partition coefficient (Wildman–Crippen LogP) is 1.18. The van der Waals surface area contributed by atoms with Crippen LogP contribution in [0, 0.1) is 0 Å². The number of benzene rings is 1. The molecule has 19 heavy (non-hydrogen) atoms. The average Bonchev–Trinajstić information content (AvgIpc) is 2.63. The van der Waals surface area contributed by atoms with Gasteiger partial charge in [-0.2, -0.15) is 0 Å². The van der Waals surface area contributed by atoms with Crippen molar-refractivity contribution < 1.29 is 14.6 Å². The minimum atomic E-state index is -0.133. The number of hydrogen-bond donors (Lipinski definition) is 1. The minimum absolute atomic E-state index is 0.00315. The van der Waals surface area contributed by atoms with Crippen molar-refractivity contribution in [1.82, 2.24) is 9.80 Å². The summed E-state index contributed by atoms with van der Waals surface area (Å²) in [5.41, 5.74) is 0.309. The second-order valence-corrected chi connectivity index (χ2v) is 4.83. The fraction of sp³-hybridized carbons (Fsp3) is 0.500. The highest BCUT2D eigenvalue weighted by Gasteiger charge is 2.21. The normalized spacial score (nSPS) is 17.1. The minimum Gasteiger partial charge on any atom is -0.507 e. The number of nitrogens with zero attached hydrogens (tertiary/aromatic N) is 2. The van der Waals surface area contributed by atoms with E-state index in [1.54, 1.807) is 24.1 Å². The maximum absolute atomic E-state index is 12.4. The van der Waals surface area contributed by atoms with Gasteiger partial charge in [-0.05, 0) is 38.2 Å². The summed E-state index contributed by atoms with van der Waals surface area (Å²) >= 11 is 0. The van der Waals surface area contributed by atoms with E-state index in [0.29, 0.717) is 17.9 Å². The van der Waals surface area contributed by atoms with Gasteiger partial charge in [0.2, 0.25) is 0 Å². The van der Waals surface area contributed by atoms with E-state index in [9.17, 15) is 9.90 Å². The van der Waals surface area contributed by atoms with Crippen molar-refractivity contribution in [3.8, 4) is 11.5 Å². The standard InChI is InChI=1S/C14H20N2O3/c1-15-6-3-7-16(9-8-15)14(18)12-10-11(19-2)4-5-13(12)17/h4-5,10,17H,3,6-9H2,1-2H3. The van der Waals surface area contributed by atoms with Crippen molar-refractivity contribution in [1.29, 1.82) is 0 Å². The Bertz CT molecular complexity index is 462. The Morgan fingerprint density at radius 1 is 1.26 bits per heavy atom. The Balaban J connectivity index is 2.18. The van der Waals surface area contributed by atoms with Crippen molar-refractivity contribution >= 4 is 5.91 Å². The number of phenols is 1. The first-order chi connectivity index (χ1) is 9.11. The van der Waals surface area contributed by atoms with E-state index < -0.39 is 0 Å². The smallest absolute Gasteiger partial charge is 0.257 e. The predicted molar refractivity (Wildman–Crippen MR) is 72.7 cm³/mol. The molecule has 1 aromatic rings. The SMILES string of the molecule is COc1ccc(O)c(C(=O)N2CCCN(C)CC2)c1. The third-order valence-electron chi connectivity index (χ3n) is 3.44. The third-order valence-corrected chi connectivity index (χ3v) is 3.44. The van der Waals surface area contributed by atoms with Crippen LogP contribution in [-0.4, -0.2) is 61.2 Å². The molecule has 0 unspecified atom stereocenters. The van der Waals surface area contributed by atoms with Gasteiger partial charge in [-0.15, -0.1) is 0 Å². The van der Waals surface area contributed by atoms with Crippen LogP contribution in [-0.2, 0) is 0 Å². The van der Waals surface area contributed by atoms with Gasteiger partial charge in [0.25, 0.3) is 5.91 Å². The lowest BCUT2D eigenvalue weighted by molar-refractivity contribution is 0.0759. The number of aromatic hydroxyl groups is 1. The Kier molecular flexibility index (Phi) is 4.27. The van der Waals surface area contributed by atoms with Crippen LogP contribution in [0.3, 0.4) is 0 Å². The van der Waals surface area contributed by atoms with Crippen molar-refractivity contribution in [2.75, 3.05) is 40.3 Å². The third kappa shape index (κ3) is 3.17. The molecular weight excluding hydrogens is 244 g/mol. The molecule has 1 aliphatic rings. The monoisotopic (exact) mass is 264 g/mol. The van der Waals surface area contributed by atoms with E-state index in [2.05, 4.69) is 11.9 Å². The number of carbonyl (C=O) groups excluding carboxylic acids is 1. The number of methoxy groups -OCH3 is 1. The van der Waals surface area contributed by atoms with Crippen molar-refractivity contribution in [2.45, 2.75) is 6.42 Å². The summed E-state index contributed by atoms with van der Waals surface area (Å²) < 4.78 is 5.10. The molecule has 0 aliphatic carbocycles.